The number of imidazole rings is 1. The minimum Gasteiger partial charge on any atom is -0.489 e. The summed E-state index contributed by atoms with van der Waals surface area (Å²) < 4.78 is 7.66. The lowest BCUT2D eigenvalue weighted by atomic mass is 10.1. The number of carbonyl (C=O) groups excluding carboxylic acids is 1. The number of fused-ring (bicyclic) bond motifs is 1. The van der Waals surface area contributed by atoms with Gasteiger partial charge in [0.1, 0.15) is 18.4 Å². The number of carbonyl (C=O) groups is 1. The predicted molar refractivity (Wildman–Crippen MR) is 114 cm³/mol. The molecule has 0 spiro atoms. The lowest BCUT2D eigenvalue weighted by Crippen LogP contribution is -2.30. The van der Waals surface area contributed by atoms with E-state index in [1.807, 2.05) is 90.4 Å². The van der Waals surface area contributed by atoms with Gasteiger partial charge in [0.05, 0.1) is 17.4 Å². The summed E-state index contributed by atoms with van der Waals surface area (Å²) in [6.45, 7) is 2.88. The molecule has 146 valence electrons. The van der Waals surface area contributed by atoms with Crippen molar-refractivity contribution in [3.8, 4) is 5.75 Å². The Hall–Kier alpha value is -3.60. The normalized spacial score (nSPS) is 11.9. The minimum atomic E-state index is -0.332. The van der Waals surface area contributed by atoms with E-state index in [-0.39, 0.29) is 11.9 Å². The van der Waals surface area contributed by atoms with E-state index in [1.165, 1.54) is 0 Å². The van der Waals surface area contributed by atoms with Crippen LogP contribution in [0.2, 0.25) is 0 Å². The Morgan fingerprint density at radius 1 is 0.966 bits per heavy atom. The molecule has 0 aliphatic heterocycles. The third-order valence-electron chi connectivity index (χ3n) is 4.92. The second-order valence-corrected chi connectivity index (χ2v) is 6.95. The van der Waals surface area contributed by atoms with Gasteiger partial charge in [-0.1, -0.05) is 54.6 Å². The van der Waals surface area contributed by atoms with Gasteiger partial charge in [0.25, 0.3) is 0 Å². The van der Waals surface area contributed by atoms with Crippen molar-refractivity contribution in [2.75, 3.05) is 0 Å². The van der Waals surface area contributed by atoms with Gasteiger partial charge in [-0.2, -0.15) is 0 Å². The van der Waals surface area contributed by atoms with Crippen molar-refractivity contribution >= 4 is 16.9 Å². The Balaban J connectivity index is 1.32. The van der Waals surface area contributed by atoms with Crippen LogP contribution in [0.25, 0.3) is 11.0 Å². The van der Waals surface area contributed by atoms with Crippen LogP contribution in [0.4, 0.5) is 0 Å². The first-order valence-electron chi connectivity index (χ1n) is 9.65. The highest BCUT2D eigenvalue weighted by atomic mass is 16.5. The molecule has 0 saturated heterocycles. The maximum atomic E-state index is 12.6. The van der Waals surface area contributed by atoms with Crippen LogP contribution in [0.5, 0.6) is 5.75 Å². The van der Waals surface area contributed by atoms with E-state index >= 15 is 0 Å². The number of hydrogen-bond acceptors (Lipinski definition) is 3. The van der Waals surface area contributed by atoms with Crippen molar-refractivity contribution in [3.63, 3.8) is 0 Å². The van der Waals surface area contributed by atoms with E-state index in [2.05, 4.69) is 10.3 Å². The number of para-hydroxylation sites is 3. The van der Waals surface area contributed by atoms with Crippen molar-refractivity contribution in [1.82, 2.24) is 14.9 Å². The first-order valence-corrected chi connectivity index (χ1v) is 9.65. The molecule has 4 rings (SSSR count). The quantitative estimate of drug-likeness (QED) is 0.510. The largest absolute Gasteiger partial charge is 0.489 e. The molecular weight excluding hydrogens is 362 g/mol. The van der Waals surface area contributed by atoms with Crippen LogP contribution in [-0.4, -0.2) is 15.5 Å². The number of amides is 1. The van der Waals surface area contributed by atoms with E-state index in [0.29, 0.717) is 13.2 Å². The average Bonchev–Trinajstić information content (AvgIpc) is 3.21. The van der Waals surface area contributed by atoms with Crippen LogP contribution < -0.4 is 10.1 Å². The molecule has 1 atom stereocenters. The Kier molecular flexibility index (Phi) is 5.56. The standard InChI is InChI=1S/C24H23N3O2/c1-18(27-17-26-22-9-5-6-10-23(22)27)24(28)25-15-19-11-13-20(14-12-19)16-29-21-7-3-2-4-8-21/h2-14,17-18H,15-16H2,1H3,(H,25,28). The van der Waals surface area contributed by atoms with Gasteiger partial charge in [0.15, 0.2) is 0 Å². The number of ether oxygens (including phenoxy) is 1. The topological polar surface area (TPSA) is 56.1 Å². The van der Waals surface area contributed by atoms with Crippen molar-refractivity contribution in [2.45, 2.75) is 26.1 Å². The summed E-state index contributed by atoms with van der Waals surface area (Å²) in [6.07, 6.45) is 1.72. The molecule has 1 amide bonds. The van der Waals surface area contributed by atoms with Crippen molar-refractivity contribution in [2.24, 2.45) is 0 Å². The summed E-state index contributed by atoms with van der Waals surface area (Å²) in [5, 5.41) is 3.01. The smallest absolute Gasteiger partial charge is 0.243 e. The Morgan fingerprint density at radius 2 is 1.66 bits per heavy atom. The molecule has 29 heavy (non-hydrogen) atoms. The molecule has 0 aliphatic rings. The molecule has 5 heteroatoms. The van der Waals surface area contributed by atoms with Crippen LogP contribution >= 0.6 is 0 Å². The fourth-order valence-electron chi connectivity index (χ4n) is 3.19. The monoisotopic (exact) mass is 385 g/mol. The number of rotatable bonds is 7. The maximum absolute atomic E-state index is 12.6. The first-order chi connectivity index (χ1) is 14.2. The number of nitrogens with zero attached hydrogens (tertiary/aromatic N) is 2. The van der Waals surface area contributed by atoms with Crippen molar-refractivity contribution in [1.29, 1.82) is 0 Å². The molecular formula is C24H23N3O2. The van der Waals surface area contributed by atoms with E-state index < -0.39 is 0 Å². The van der Waals surface area contributed by atoms with Crippen LogP contribution in [0.1, 0.15) is 24.1 Å². The second kappa shape index (κ2) is 8.61. The summed E-state index contributed by atoms with van der Waals surface area (Å²) in [7, 11) is 0. The molecule has 0 saturated carbocycles. The van der Waals surface area contributed by atoms with Gasteiger partial charge in [-0.3, -0.25) is 4.79 Å². The zero-order valence-electron chi connectivity index (χ0n) is 16.3. The molecule has 1 N–H and O–H groups in total. The molecule has 0 fully saturated rings. The van der Waals surface area contributed by atoms with Crippen molar-refractivity contribution in [3.05, 3.63) is 96.3 Å². The van der Waals surface area contributed by atoms with E-state index in [4.69, 9.17) is 4.74 Å². The fraction of sp³-hybridized carbons (Fsp3) is 0.167. The zero-order valence-corrected chi connectivity index (χ0v) is 16.3. The highest BCUT2D eigenvalue weighted by molar-refractivity contribution is 5.83. The first kappa shape index (κ1) is 18.7. The molecule has 5 nitrogen and oxygen atoms in total. The van der Waals surface area contributed by atoms with Gasteiger partial charge < -0.3 is 14.6 Å². The third-order valence-corrected chi connectivity index (χ3v) is 4.92. The summed E-state index contributed by atoms with van der Waals surface area (Å²) in [4.78, 5) is 17.0. The molecule has 1 unspecified atom stereocenters. The summed E-state index contributed by atoms with van der Waals surface area (Å²) >= 11 is 0. The highest BCUT2D eigenvalue weighted by Gasteiger charge is 2.16. The summed E-state index contributed by atoms with van der Waals surface area (Å²) in [5.74, 6) is 0.814. The molecule has 4 aromatic rings. The predicted octanol–water partition coefficient (Wildman–Crippen LogP) is 4.49. The summed E-state index contributed by atoms with van der Waals surface area (Å²) in [6, 6.07) is 25.3. The minimum absolute atomic E-state index is 0.0374. The molecule has 1 aromatic heterocycles. The van der Waals surface area contributed by atoms with Crippen LogP contribution in [0, 0.1) is 0 Å². The molecule has 3 aromatic carbocycles. The summed E-state index contributed by atoms with van der Waals surface area (Å²) in [5.41, 5.74) is 3.98. The number of hydrogen-bond donors (Lipinski definition) is 1. The molecule has 0 aliphatic carbocycles. The average molecular weight is 385 g/mol. The van der Waals surface area contributed by atoms with Gasteiger partial charge >= 0.3 is 0 Å². The van der Waals surface area contributed by atoms with Gasteiger partial charge in [0.2, 0.25) is 5.91 Å². The SMILES string of the molecule is CC(C(=O)NCc1ccc(COc2ccccc2)cc1)n1cnc2ccccc21. The van der Waals surface area contributed by atoms with Crippen LogP contribution in [0.3, 0.4) is 0 Å². The highest BCUT2D eigenvalue weighted by Crippen LogP contribution is 2.17. The van der Waals surface area contributed by atoms with Crippen LogP contribution in [-0.2, 0) is 17.9 Å². The molecule has 0 bridgehead atoms. The maximum Gasteiger partial charge on any atom is 0.243 e. The Morgan fingerprint density at radius 3 is 2.45 bits per heavy atom. The third kappa shape index (κ3) is 4.46. The molecule has 0 radical (unpaired) electrons. The van der Waals surface area contributed by atoms with Gasteiger partial charge in [-0.05, 0) is 42.3 Å². The van der Waals surface area contributed by atoms with Gasteiger partial charge in [-0.25, -0.2) is 4.98 Å². The second-order valence-electron chi connectivity index (χ2n) is 6.95. The Labute approximate surface area is 170 Å². The van der Waals surface area contributed by atoms with Crippen LogP contribution in [0.15, 0.2) is 85.2 Å². The van der Waals surface area contributed by atoms with Gasteiger partial charge in [0, 0.05) is 6.54 Å². The van der Waals surface area contributed by atoms with E-state index in [9.17, 15) is 4.79 Å². The van der Waals surface area contributed by atoms with Crippen molar-refractivity contribution < 1.29 is 9.53 Å². The number of nitrogens with one attached hydrogen (secondary N) is 1. The molecule has 1 heterocycles. The van der Waals surface area contributed by atoms with E-state index in [0.717, 1.165) is 27.9 Å². The lowest BCUT2D eigenvalue weighted by Gasteiger charge is -2.15. The zero-order chi connectivity index (χ0) is 20.1. The number of benzene rings is 3. The Bertz CT molecular complexity index is 1090. The fourth-order valence-corrected chi connectivity index (χ4v) is 3.19. The lowest BCUT2D eigenvalue weighted by molar-refractivity contribution is -0.123. The van der Waals surface area contributed by atoms with Gasteiger partial charge in [-0.15, -0.1) is 0 Å². The number of aromatic nitrogens is 2. The van der Waals surface area contributed by atoms with E-state index in [1.54, 1.807) is 6.33 Å².